The average molecular weight is 376 g/mol. The highest BCUT2D eigenvalue weighted by molar-refractivity contribution is 5.95. The molecule has 2 heterocycles. The smallest absolute Gasteiger partial charge is 0.330 e. The highest BCUT2D eigenvalue weighted by Crippen LogP contribution is 2.20. The predicted molar refractivity (Wildman–Crippen MR) is 105 cm³/mol. The van der Waals surface area contributed by atoms with Crippen molar-refractivity contribution in [2.45, 2.75) is 53.0 Å². The van der Waals surface area contributed by atoms with Crippen LogP contribution in [0.3, 0.4) is 0 Å². The number of rotatable bonds is 9. The molecule has 8 nitrogen and oxygen atoms in total. The molecule has 1 amide bonds. The van der Waals surface area contributed by atoms with Crippen molar-refractivity contribution in [3.8, 4) is 0 Å². The predicted octanol–water partition coefficient (Wildman–Crippen LogP) is 2.13. The SMILES string of the molecule is CCCCn1c(N)c(N(CC(C)C)C(=O)CCc2ccco2)c(=O)[nH]c1=O. The molecule has 8 heteroatoms. The van der Waals surface area contributed by atoms with Gasteiger partial charge in [-0.05, 0) is 24.5 Å². The number of aromatic nitrogens is 2. The lowest BCUT2D eigenvalue weighted by Gasteiger charge is -2.26. The first-order valence-corrected chi connectivity index (χ1v) is 9.30. The van der Waals surface area contributed by atoms with Crippen LogP contribution in [0.5, 0.6) is 0 Å². The topological polar surface area (TPSA) is 114 Å². The minimum Gasteiger partial charge on any atom is -0.469 e. The molecule has 0 aromatic carbocycles. The van der Waals surface area contributed by atoms with Crippen molar-refractivity contribution in [1.29, 1.82) is 0 Å². The van der Waals surface area contributed by atoms with Crippen molar-refractivity contribution in [2.75, 3.05) is 17.2 Å². The summed E-state index contributed by atoms with van der Waals surface area (Å²) in [6, 6.07) is 3.56. The molecule has 0 aliphatic rings. The van der Waals surface area contributed by atoms with Crippen molar-refractivity contribution in [3.63, 3.8) is 0 Å². The Kier molecular flexibility index (Phi) is 7.04. The lowest BCUT2D eigenvalue weighted by atomic mass is 10.1. The maximum Gasteiger partial charge on any atom is 0.330 e. The number of carbonyl (C=O) groups excluding carboxylic acids is 1. The third-order valence-corrected chi connectivity index (χ3v) is 4.23. The zero-order valence-electron chi connectivity index (χ0n) is 16.2. The second-order valence-corrected chi connectivity index (χ2v) is 6.98. The average Bonchev–Trinajstić information content (AvgIpc) is 3.11. The third kappa shape index (κ3) is 5.12. The van der Waals surface area contributed by atoms with Gasteiger partial charge in [0.25, 0.3) is 5.56 Å². The fraction of sp³-hybridized carbons (Fsp3) is 0.526. The molecule has 0 saturated heterocycles. The molecule has 0 aliphatic carbocycles. The fourth-order valence-electron chi connectivity index (χ4n) is 2.88. The van der Waals surface area contributed by atoms with E-state index >= 15 is 0 Å². The summed E-state index contributed by atoms with van der Waals surface area (Å²) in [5.41, 5.74) is 5.01. The van der Waals surface area contributed by atoms with Gasteiger partial charge in [-0.2, -0.15) is 0 Å². The minimum absolute atomic E-state index is 0.0317. The summed E-state index contributed by atoms with van der Waals surface area (Å²) in [6.07, 6.45) is 3.77. The molecule has 0 spiro atoms. The fourth-order valence-corrected chi connectivity index (χ4v) is 2.88. The molecule has 148 valence electrons. The second-order valence-electron chi connectivity index (χ2n) is 6.98. The van der Waals surface area contributed by atoms with Crippen LogP contribution in [0.25, 0.3) is 0 Å². The highest BCUT2D eigenvalue weighted by atomic mass is 16.3. The van der Waals surface area contributed by atoms with Crippen LogP contribution < -0.4 is 21.9 Å². The maximum atomic E-state index is 12.9. The number of nitrogens with two attached hydrogens (primary N) is 1. The first-order chi connectivity index (χ1) is 12.8. The van der Waals surface area contributed by atoms with Gasteiger partial charge >= 0.3 is 5.69 Å². The molecule has 2 aromatic rings. The summed E-state index contributed by atoms with van der Waals surface area (Å²) in [6.45, 7) is 6.61. The molecular weight excluding hydrogens is 348 g/mol. The summed E-state index contributed by atoms with van der Waals surface area (Å²) < 4.78 is 6.60. The molecule has 0 saturated carbocycles. The number of aromatic amines is 1. The number of anilines is 2. The largest absolute Gasteiger partial charge is 0.469 e. The van der Waals surface area contributed by atoms with E-state index in [1.165, 1.54) is 9.47 Å². The van der Waals surface area contributed by atoms with Crippen molar-refractivity contribution in [3.05, 3.63) is 45.0 Å². The number of furan rings is 1. The van der Waals surface area contributed by atoms with E-state index in [2.05, 4.69) is 4.98 Å². The molecular formula is C19H28N4O4. The van der Waals surface area contributed by atoms with E-state index in [-0.39, 0.29) is 29.8 Å². The van der Waals surface area contributed by atoms with E-state index in [0.29, 0.717) is 25.3 Å². The Morgan fingerprint density at radius 1 is 1.37 bits per heavy atom. The Morgan fingerprint density at radius 3 is 2.70 bits per heavy atom. The quantitative estimate of drug-likeness (QED) is 0.696. The summed E-state index contributed by atoms with van der Waals surface area (Å²) in [5.74, 6) is 0.609. The van der Waals surface area contributed by atoms with Gasteiger partial charge in [-0.3, -0.25) is 19.1 Å². The van der Waals surface area contributed by atoms with Crippen LogP contribution >= 0.6 is 0 Å². The lowest BCUT2D eigenvalue weighted by molar-refractivity contribution is -0.118. The van der Waals surface area contributed by atoms with Crippen molar-refractivity contribution >= 4 is 17.4 Å². The summed E-state index contributed by atoms with van der Waals surface area (Å²) >= 11 is 0. The first-order valence-electron chi connectivity index (χ1n) is 9.30. The Balaban J connectivity index is 2.38. The summed E-state index contributed by atoms with van der Waals surface area (Å²) in [5, 5.41) is 0. The van der Waals surface area contributed by atoms with Crippen LogP contribution in [-0.4, -0.2) is 22.0 Å². The number of nitrogens with zero attached hydrogens (tertiary/aromatic N) is 2. The van der Waals surface area contributed by atoms with Crippen molar-refractivity contribution in [1.82, 2.24) is 9.55 Å². The van der Waals surface area contributed by atoms with E-state index in [9.17, 15) is 14.4 Å². The minimum atomic E-state index is -0.641. The molecule has 0 atom stereocenters. The van der Waals surface area contributed by atoms with Gasteiger partial charge in [0.15, 0.2) is 5.69 Å². The lowest BCUT2D eigenvalue weighted by Crippen LogP contribution is -2.42. The number of amides is 1. The Morgan fingerprint density at radius 2 is 2.11 bits per heavy atom. The number of unbranched alkanes of at least 4 members (excludes halogenated alkanes) is 1. The van der Waals surface area contributed by atoms with Gasteiger partial charge in [-0.25, -0.2) is 4.79 Å². The number of aryl methyl sites for hydroxylation is 1. The number of nitrogens with one attached hydrogen (secondary N) is 1. The van der Waals surface area contributed by atoms with Gasteiger partial charge in [-0.1, -0.05) is 27.2 Å². The summed E-state index contributed by atoms with van der Waals surface area (Å²) in [7, 11) is 0. The molecule has 0 aliphatic heterocycles. The van der Waals surface area contributed by atoms with E-state index in [1.54, 1.807) is 18.4 Å². The van der Waals surface area contributed by atoms with Crippen LogP contribution in [0.2, 0.25) is 0 Å². The van der Waals surface area contributed by atoms with Crippen LogP contribution in [0.15, 0.2) is 32.4 Å². The van der Waals surface area contributed by atoms with Gasteiger partial charge in [0.2, 0.25) is 5.91 Å². The molecule has 3 N–H and O–H groups in total. The molecule has 0 radical (unpaired) electrons. The molecule has 0 bridgehead atoms. The van der Waals surface area contributed by atoms with Gasteiger partial charge in [0.05, 0.1) is 6.26 Å². The van der Waals surface area contributed by atoms with Crippen molar-refractivity contribution < 1.29 is 9.21 Å². The van der Waals surface area contributed by atoms with E-state index in [1.807, 2.05) is 20.8 Å². The van der Waals surface area contributed by atoms with Gasteiger partial charge in [0.1, 0.15) is 11.6 Å². The standard InChI is InChI=1S/C19H28N4O4/c1-4-5-10-22-17(20)16(18(25)21-19(22)26)23(12-13(2)3)15(24)9-8-14-7-6-11-27-14/h6-7,11,13H,4-5,8-10,12,20H2,1-3H3,(H,21,25,26). The second kappa shape index (κ2) is 9.25. The molecule has 2 rings (SSSR count). The Labute approximate surface area is 158 Å². The zero-order chi connectivity index (χ0) is 20.0. The normalized spacial score (nSPS) is 11.1. The highest BCUT2D eigenvalue weighted by Gasteiger charge is 2.24. The van der Waals surface area contributed by atoms with Crippen LogP contribution in [0.1, 0.15) is 45.8 Å². The van der Waals surface area contributed by atoms with Crippen LogP contribution in [0.4, 0.5) is 11.5 Å². The first kappa shape index (κ1) is 20.5. The molecule has 0 unspecified atom stereocenters. The van der Waals surface area contributed by atoms with Crippen LogP contribution in [0, 0.1) is 5.92 Å². The van der Waals surface area contributed by atoms with E-state index in [4.69, 9.17) is 10.2 Å². The van der Waals surface area contributed by atoms with E-state index < -0.39 is 11.2 Å². The third-order valence-electron chi connectivity index (χ3n) is 4.23. The summed E-state index contributed by atoms with van der Waals surface area (Å²) in [4.78, 5) is 41.2. The molecule has 0 fully saturated rings. The molecule has 2 aromatic heterocycles. The van der Waals surface area contributed by atoms with Crippen LogP contribution in [-0.2, 0) is 17.8 Å². The van der Waals surface area contributed by atoms with Gasteiger partial charge in [-0.15, -0.1) is 0 Å². The van der Waals surface area contributed by atoms with E-state index in [0.717, 1.165) is 12.8 Å². The van der Waals surface area contributed by atoms with Gasteiger partial charge < -0.3 is 15.1 Å². The number of hydrogen-bond donors (Lipinski definition) is 2. The number of H-pyrrole nitrogens is 1. The molecule has 27 heavy (non-hydrogen) atoms. The Hall–Kier alpha value is -2.77. The monoisotopic (exact) mass is 376 g/mol. The number of carbonyl (C=O) groups is 1. The Bertz CT molecular complexity index is 865. The van der Waals surface area contributed by atoms with Crippen molar-refractivity contribution in [2.24, 2.45) is 5.92 Å². The maximum absolute atomic E-state index is 12.9. The zero-order valence-corrected chi connectivity index (χ0v) is 16.2. The number of nitrogen functional groups attached to an aromatic ring is 1. The number of hydrogen-bond acceptors (Lipinski definition) is 5. The van der Waals surface area contributed by atoms with Gasteiger partial charge in [0, 0.05) is 25.9 Å².